The van der Waals surface area contributed by atoms with Gasteiger partial charge in [0.05, 0.1) is 18.8 Å². The molecule has 0 aromatic rings. The van der Waals surface area contributed by atoms with Gasteiger partial charge in [0.15, 0.2) is 0 Å². The Balaban J connectivity index is 2.47. The topological polar surface area (TPSA) is 36.9 Å². The Morgan fingerprint density at radius 2 is 1.19 bits per heavy atom. The van der Waals surface area contributed by atoms with E-state index in [4.69, 9.17) is 17.7 Å². The number of ether oxygens (including phenoxy) is 1. The summed E-state index contributed by atoms with van der Waals surface area (Å²) in [5.74, 6) is 0.499. The van der Waals surface area contributed by atoms with Gasteiger partial charge in [0, 0.05) is 6.42 Å². The van der Waals surface area contributed by atoms with Crippen LogP contribution in [-0.2, 0) is 17.7 Å². The maximum atomic E-state index is 7.19. The van der Waals surface area contributed by atoms with Gasteiger partial charge in [-0.05, 0) is 28.1 Å². The molecule has 2 aliphatic heterocycles. The minimum atomic E-state index is -2.47. The zero-order chi connectivity index (χ0) is 19.9. The van der Waals surface area contributed by atoms with Gasteiger partial charge in [-0.25, -0.2) is 0 Å². The maximum Gasteiger partial charge on any atom is 0.335 e. The lowest BCUT2D eigenvalue weighted by Gasteiger charge is -2.51. The van der Waals surface area contributed by atoms with E-state index in [1.54, 1.807) is 0 Å². The summed E-state index contributed by atoms with van der Waals surface area (Å²) in [5, 5.41) is 0. The molecule has 2 rings (SSSR count). The van der Waals surface area contributed by atoms with Crippen LogP contribution in [0.15, 0.2) is 0 Å². The summed E-state index contributed by atoms with van der Waals surface area (Å²) in [6.07, 6.45) is 1.36. The van der Waals surface area contributed by atoms with Gasteiger partial charge in [-0.15, -0.1) is 0 Å². The predicted octanol–water partition coefficient (Wildman–Crippen LogP) is 5.76. The van der Waals surface area contributed by atoms with E-state index in [0.29, 0.717) is 34.7 Å². The number of fused-ring (bicyclic) bond motifs is 1. The van der Waals surface area contributed by atoms with Crippen molar-refractivity contribution in [1.82, 2.24) is 0 Å². The molecule has 6 heteroatoms. The van der Waals surface area contributed by atoms with Gasteiger partial charge in [-0.3, -0.25) is 0 Å². The molecular formula is C20H42O4Si2. The van der Waals surface area contributed by atoms with Crippen LogP contribution in [0, 0.1) is 5.92 Å². The highest BCUT2D eigenvalue weighted by molar-refractivity contribution is 6.83. The first kappa shape index (κ1) is 22.6. The maximum absolute atomic E-state index is 7.19. The smallest absolute Gasteiger partial charge is 0.335 e. The van der Waals surface area contributed by atoms with Crippen molar-refractivity contribution in [2.24, 2.45) is 5.92 Å². The normalized spacial score (nSPS) is 31.7. The Kier molecular flexibility index (Phi) is 7.23. The molecule has 0 aliphatic carbocycles. The fourth-order valence-electron chi connectivity index (χ4n) is 4.61. The summed E-state index contributed by atoms with van der Waals surface area (Å²) in [6.45, 7) is 23.2. The number of hydrogen-bond donors (Lipinski definition) is 0. The van der Waals surface area contributed by atoms with Gasteiger partial charge in [0.25, 0.3) is 0 Å². The lowest BCUT2D eigenvalue weighted by Crippen LogP contribution is -2.65. The number of hydrogen-bond acceptors (Lipinski definition) is 4. The van der Waals surface area contributed by atoms with Crippen molar-refractivity contribution >= 4 is 17.1 Å². The quantitative estimate of drug-likeness (QED) is 0.548. The molecule has 1 unspecified atom stereocenters. The van der Waals surface area contributed by atoms with Gasteiger partial charge in [0.1, 0.15) is 6.10 Å². The molecular weight excluding hydrogens is 360 g/mol. The molecule has 4 nitrogen and oxygen atoms in total. The molecule has 2 aliphatic rings. The fraction of sp³-hybridized carbons (Fsp3) is 1.00. The Morgan fingerprint density at radius 1 is 0.692 bits per heavy atom. The van der Waals surface area contributed by atoms with Crippen molar-refractivity contribution < 1.29 is 17.7 Å². The molecule has 0 bridgehead atoms. The van der Waals surface area contributed by atoms with Gasteiger partial charge in [-0.2, -0.15) is 0 Å². The van der Waals surface area contributed by atoms with Crippen LogP contribution in [0.3, 0.4) is 0 Å². The van der Waals surface area contributed by atoms with E-state index in [-0.39, 0.29) is 18.3 Å². The molecule has 2 saturated heterocycles. The first-order valence-electron chi connectivity index (χ1n) is 10.6. The van der Waals surface area contributed by atoms with E-state index >= 15 is 0 Å². The van der Waals surface area contributed by atoms with Crippen LogP contribution in [0.25, 0.3) is 0 Å². The average molecular weight is 403 g/mol. The summed E-state index contributed by atoms with van der Waals surface area (Å²) in [5.41, 5.74) is 1.53. The molecule has 2 heterocycles. The Hall–Kier alpha value is 0.274. The summed E-state index contributed by atoms with van der Waals surface area (Å²) in [6, 6.07) is 0. The zero-order valence-electron chi connectivity index (χ0n) is 18.7. The monoisotopic (exact) mass is 402 g/mol. The Bertz CT molecular complexity index is 449. The van der Waals surface area contributed by atoms with Crippen LogP contribution in [-0.4, -0.2) is 42.0 Å². The largest absolute Gasteiger partial charge is 0.414 e. The van der Waals surface area contributed by atoms with Crippen LogP contribution in [0.5, 0.6) is 0 Å². The highest BCUT2D eigenvalue weighted by Crippen LogP contribution is 2.47. The molecule has 0 aromatic heterocycles. The molecule has 0 N–H and O–H groups in total. The minimum Gasteiger partial charge on any atom is -0.414 e. The standard InChI is InChI=1S/C20H42O4Si2/c1-13(2)18-11-19-20(22-18)12-21-25(14(3)4,15(5)6)24-26(23-19,16(7)8)17(9)10/h13-20H,11-12H2,1-10H3/t18?,19-,20+/m0/s1. The van der Waals surface area contributed by atoms with E-state index in [0.717, 1.165) is 6.42 Å². The summed E-state index contributed by atoms with van der Waals surface area (Å²) < 4.78 is 27.3. The molecule has 0 spiro atoms. The van der Waals surface area contributed by atoms with Crippen molar-refractivity contribution in [2.45, 2.75) is 116 Å². The van der Waals surface area contributed by atoms with Crippen LogP contribution in [0.2, 0.25) is 22.2 Å². The summed E-state index contributed by atoms with van der Waals surface area (Å²) in [7, 11) is -4.91. The van der Waals surface area contributed by atoms with E-state index < -0.39 is 17.1 Å². The Labute approximate surface area is 163 Å². The third-order valence-electron chi connectivity index (χ3n) is 6.32. The molecule has 0 saturated carbocycles. The lowest BCUT2D eigenvalue weighted by molar-refractivity contribution is -0.0466. The van der Waals surface area contributed by atoms with Crippen molar-refractivity contribution in [3.05, 3.63) is 0 Å². The molecule has 2 fully saturated rings. The van der Waals surface area contributed by atoms with E-state index in [9.17, 15) is 0 Å². The zero-order valence-corrected chi connectivity index (χ0v) is 20.7. The molecule has 154 valence electrons. The van der Waals surface area contributed by atoms with Gasteiger partial charge < -0.3 is 17.7 Å². The minimum absolute atomic E-state index is 0.0417. The first-order chi connectivity index (χ1) is 12.0. The van der Waals surface area contributed by atoms with Gasteiger partial charge in [-0.1, -0.05) is 69.2 Å². The predicted molar refractivity (Wildman–Crippen MR) is 112 cm³/mol. The fourth-order valence-corrected chi connectivity index (χ4v) is 15.8. The van der Waals surface area contributed by atoms with E-state index in [1.807, 2.05) is 0 Å². The van der Waals surface area contributed by atoms with Crippen molar-refractivity contribution in [1.29, 1.82) is 0 Å². The lowest BCUT2D eigenvalue weighted by atomic mass is 10.0. The number of rotatable bonds is 5. The SMILES string of the molecule is CC(C)C1C[C@@H]2O[Si](C(C)C)(C(C)C)O[Si](C(C)C)(C(C)C)OC[C@H]2O1. The van der Waals surface area contributed by atoms with Crippen LogP contribution >= 0.6 is 0 Å². The first-order valence-corrected chi connectivity index (χ1v) is 14.6. The average Bonchev–Trinajstić information content (AvgIpc) is 2.88. The molecule has 0 radical (unpaired) electrons. The van der Waals surface area contributed by atoms with E-state index in [2.05, 4.69) is 69.2 Å². The molecule has 3 atom stereocenters. The highest BCUT2D eigenvalue weighted by atomic mass is 28.5. The third-order valence-corrected chi connectivity index (χ3v) is 16.6. The van der Waals surface area contributed by atoms with Gasteiger partial charge in [0.2, 0.25) is 0 Å². The second kappa shape index (κ2) is 8.33. The van der Waals surface area contributed by atoms with Crippen LogP contribution in [0.4, 0.5) is 0 Å². The molecule has 26 heavy (non-hydrogen) atoms. The molecule has 0 amide bonds. The van der Waals surface area contributed by atoms with Crippen LogP contribution < -0.4 is 0 Å². The Morgan fingerprint density at radius 3 is 1.62 bits per heavy atom. The van der Waals surface area contributed by atoms with Crippen molar-refractivity contribution in [3.63, 3.8) is 0 Å². The second-order valence-electron chi connectivity index (χ2n) is 9.82. The third kappa shape index (κ3) is 4.01. The molecule has 0 aromatic carbocycles. The van der Waals surface area contributed by atoms with Gasteiger partial charge >= 0.3 is 17.1 Å². The highest BCUT2D eigenvalue weighted by Gasteiger charge is 2.60. The van der Waals surface area contributed by atoms with Crippen LogP contribution in [0.1, 0.15) is 75.7 Å². The van der Waals surface area contributed by atoms with Crippen molar-refractivity contribution in [2.75, 3.05) is 6.61 Å². The second-order valence-corrected chi connectivity index (χ2v) is 18.7. The van der Waals surface area contributed by atoms with Crippen molar-refractivity contribution in [3.8, 4) is 0 Å². The summed E-state index contributed by atoms with van der Waals surface area (Å²) in [4.78, 5) is 0. The summed E-state index contributed by atoms with van der Waals surface area (Å²) >= 11 is 0. The van der Waals surface area contributed by atoms with E-state index in [1.165, 1.54) is 0 Å².